The maximum Gasteiger partial charge on any atom is 0.191 e. The lowest BCUT2D eigenvalue weighted by molar-refractivity contribution is 0.0531. The molecule has 0 aromatic heterocycles. The molecule has 6 heteroatoms. The van der Waals surface area contributed by atoms with E-state index < -0.39 is 0 Å². The Bertz CT molecular complexity index is 638. The molecule has 2 N–H and O–H groups in total. The van der Waals surface area contributed by atoms with Gasteiger partial charge in [-0.25, -0.2) is 0 Å². The van der Waals surface area contributed by atoms with E-state index in [0.717, 1.165) is 83.0 Å². The molecule has 1 saturated carbocycles. The zero-order chi connectivity index (χ0) is 21.1. The van der Waals surface area contributed by atoms with E-state index in [1.165, 1.54) is 18.4 Å². The fraction of sp³-hybridized carbons (Fsp3) is 0.708. The molecule has 0 radical (unpaired) electrons. The molecule has 1 aromatic rings. The summed E-state index contributed by atoms with van der Waals surface area (Å²) in [6, 6.07) is 8.54. The minimum absolute atomic E-state index is 0.0126. The number of guanidine groups is 1. The molecule has 6 nitrogen and oxygen atoms in total. The molecule has 1 aromatic carbocycles. The van der Waals surface area contributed by atoms with Gasteiger partial charge in [0, 0.05) is 44.9 Å². The lowest BCUT2D eigenvalue weighted by Gasteiger charge is -2.36. The second kappa shape index (κ2) is 12.2. The van der Waals surface area contributed by atoms with Crippen molar-refractivity contribution in [1.82, 2.24) is 10.6 Å². The Balaban J connectivity index is 1.57. The van der Waals surface area contributed by atoms with Crippen LogP contribution in [0.4, 0.5) is 0 Å². The molecule has 0 unspecified atom stereocenters. The Morgan fingerprint density at radius 3 is 2.57 bits per heavy atom. The monoisotopic (exact) mass is 417 g/mol. The standard InChI is InChI=1S/C24H39N3O3/c1-3-25-23(26-14-5-15-29-18-20-6-7-20)27-19-24(12-16-28-17-13-24)21-8-10-22(11-9-21)30-4-2/h8-11,20H,3-7,12-19H2,1-2H3,(H2,25,26,27). The predicted molar refractivity (Wildman–Crippen MR) is 121 cm³/mol. The van der Waals surface area contributed by atoms with E-state index in [1.807, 2.05) is 6.92 Å². The van der Waals surface area contributed by atoms with E-state index in [-0.39, 0.29) is 5.41 Å². The van der Waals surface area contributed by atoms with Crippen molar-refractivity contribution in [2.24, 2.45) is 10.9 Å². The Labute approximate surface area is 181 Å². The normalized spacial score (nSPS) is 18.8. The molecule has 1 saturated heterocycles. The highest BCUT2D eigenvalue weighted by atomic mass is 16.5. The molecule has 3 rings (SSSR count). The second-order valence-electron chi connectivity index (χ2n) is 8.34. The van der Waals surface area contributed by atoms with E-state index in [0.29, 0.717) is 6.61 Å². The number of benzene rings is 1. The lowest BCUT2D eigenvalue weighted by Crippen LogP contribution is -2.41. The highest BCUT2D eigenvalue weighted by molar-refractivity contribution is 5.79. The first-order valence-electron chi connectivity index (χ1n) is 11.7. The van der Waals surface area contributed by atoms with Gasteiger partial charge in [-0.3, -0.25) is 4.99 Å². The average Bonchev–Trinajstić information content (AvgIpc) is 3.60. The maximum atomic E-state index is 5.73. The van der Waals surface area contributed by atoms with Crippen molar-refractivity contribution < 1.29 is 14.2 Å². The van der Waals surface area contributed by atoms with Crippen molar-refractivity contribution in [3.63, 3.8) is 0 Å². The molecule has 1 aliphatic carbocycles. The van der Waals surface area contributed by atoms with Crippen molar-refractivity contribution >= 4 is 5.96 Å². The highest BCUT2D eigenvalue weighted by Crippen LogP contribution is 2.36. The summed E-state index contributed by atoms with van der Waals surface area (Å²) >= 11 is 0. The SMILES string of the molecule is CCNC(=NCC1(c2ccc(OCC)cc2)CCOCC1)NCCCOCC1CC1. The van der Waals surface area contributed by atoms with Gasteiger partial charge in [-0.15, -0.1) is 0 Å². The lowest BCUT2D eigenvalue weighted by atomic mass is 9.74. The summed E-state index contributed by atoms with van der Waals surface area (Å²) in [4.78, 5) is 4.97. The molecule has 30 heavy (non-hydrogen) atoms. The van der Waals surface area contributed by atoms with Crippen molar-refractivity contribution in [2.75, 3.05) is 52.7 Å². The zero-order valence-corrected chi connectivity index (χ0v) is 18.8. The second-order valence-corrected chi connectivity index (χ2v) is 8.34. The van der Waals surface area contributed by atoms with Crippen LogP contribution in [-0.2, 0) is 14.9 Å². The van der Waals surface area contributed by atoms with Gasteiger partial charge >= 0.3 is 0 Å². The fourth-order valence-corrected chi connectivity index (χ4v) is 3.86. The zero-order valence-electron chi connectivity index (χ0n) is 18.8. The van der Waals surface area contributed by atoms with E-state index >= 15 is 0 Å². The summed E-state index contributed by atoms with van der Waals surface area (Å²) in [5.74, 6) is 2.64. The molecule has 0 atom stereocenters. The molecular formula is C24H39N3O3. The molecule has 2 fully saturated rings. The fourth-order valence-electron chi connectivity index (χ4n) is 3.86. The summed E-state index contributed by atoms with van der Waals surface area (Å²) < 4.78 is 17.0. The number of nitrogens with one attached hydrogen (secondary N) is 2. The first-order chi connectivity index (χ1) is 14.8. The topological polar surface area (TPSA) is 64.1 Å². The van der Waals surface area contributed by atoms with Gasteiger partial charge in [0.05, 0.1) is 13.2 Å². The third-order valence-corrected chi connectivity index (χ3v) is 5.92. The van der Waals surface area contributed by atoms with Crippen molar-refractivity contribution in [1.29, 1.82) is 0 Å². The minimum Gasteiger partial charge on any atom is -0.494 e. The van der Waals surface area contributed by atoms with Crippen LogP contribution in [0.3, 0.4) is 0 Å². The first-order valence-corrected chi connectivity index (χ1v) is 11.7. The maximum absolute atomic E-state index is 5.73. The summed E-state index contributed by atoms with van der Waals surface area (Å²) in [6.45, 7) is 10.6. The third-order valence-electron chi connectivity index (χ3n) is 5.92. The Morgan fingerprint density at radius 2 is 1.90 bits per heavy atom. The summed E-state index contributed by atoms with van der Waals surface area (Å²) in [5, 5.41) is 6.85. The number of hydrogen-bond donors (Lipinski definition) is 2. The Hall–Kier alpha value is -1.79. The van der Waals surface area contributed by atoms with Gasteiger partial charge in [-0.05, 0) is 69.6 Å². The van der Waals surface area contributed by atoms with Crippen LogP contribution in [0.25, 0.3) is 0 Å². The minimum atomic E-state index is 0.0126. The van der Waals surface area contributed by atoms with Gasteiger partial charge < -0.3 is 24.8 Å². The summed E-state index contributed by atoms with van der Waals surface area (Å²) in [6.07, 6.45) is 5.65. The van der Waals surface area contributed by atoms with E-state index in [2.05, 4.69) is 41.8 Å². The van der Waals surface area contributed by atoms with Gasteiger partial charge in [0.1, 0.15) is 5.75 Å². The first kappa shape index (κ1) is 22.9. The summed E-state index contributed by atoms with van der Waals surface area (Å²) in [7, 11) is 0. The molecule has 2 aliphatic rings. The molecule has 0 spiro atoms. The Kier molecular flexibility index (Phi) is 9.27. The van der Waals surface area contributed by atoms with Crippen LogP contribution in [0.1, 0.15) is 51.5 Å². The number of rotatable bonds is 12. The Morgan fingerprint density at radius 1 is 1.13 bits per heavy atom. The van der Waals surface area contributed by atoms with Gasteiger partial charge in [-0.1, -0.05) is 12.1 Å². The number of ether oxygens (including phenoxy) is 3. The van der Waals surface area contributed by atoms with Crippen LogP contribution in [0.5, 0.6) is 5.75 Å². The molecule has 168 valence electrons. The molecule has 0 amide bonds. The van der Waals surface area contributed by atoms with Crippen LogP contribution >= 0.6 is 0 Å². The smallest absolute Gasteiger partial charge is 0.191 e. The van der Waals surface area contributed by atoms with Gasteiger partial charge in [-0.2, -0.15) is 0 Å². The third kappa shape index (κ3) is 7.17. The quantitative estimate of drug-likeness (QED) is 0.310. The van der Waals surface area contributed by atoms with E-state index in [1.54, 1.807) is 0 Å². The van der Waals surface area contributed by atoms with Crippen LogP contribution < -0.4 is 15.4 Å². The number of aliphatic imine (C=N–C) groups is 1. The van der Waals surface area contributed by atoms with Gasteiger partial charge in [0.15, 0.2) is 5.96 Å². The van der Waals surface area contributed by atoms with Crippen molar-refractivity contribution in [3.8, 4) is 5.75 Å². The largest absolute Gasteiger partial charge is 0.494 e. The number of hydrogen-bond acceptors (Lipinski definition) is 4. The average molecular weight is 418 g/mol. The predicted octanol–water partition coefficient (Wildman–Crippen LogP) is 3.51. The van der Waals surface area contributed by atoms with E-state index in [9.17, 15) is 0 Å². The van der Waals surface area contributed by atoms with Gasteiger partial charge in [0.25, 0.3) is 0 Å². The van der Waals surface area contributed by atoms with E-state index in [4.69, 9.17) is 19.2 Å². The molecule has 1 heterocycles. The van der Waals surface area contributed by atoms with Crippen molar-refractivity contribution in [2.45, 2.75) is 51.4 Å². The molecule has 0 bridgehead atoms. The van der Waals surface area contributed by atoms with Gasteiger partial charge in [0.2, 0.25) is 0 Å². The highest BCUT2D eigenvalue weighted by Gasteiger charge is 2.34. The number of nitrogens with zero attached hydrogens (tertiary/aromatic N) is 1. The van der Waals surface area contributed by atoms with Crippen LogP contribution in [0, 0.1) is 5.92 Å². The van der Waals surface area contributed by atoms with Crippen LogP contribution in [0.2, 0.25) is 0 Å². The molecule has 1 aliphatic heterocycles. The van der Waals surface area contributed by atoms with Crippen LogP contribution in [-0.4, -0.2) is 58.6 Å². The summed E-state index contributed by atoms with van der Waals surface area (Å²) in [5.41, 5.74) is 1.33. The molecular weight excluding hydrogens is 378 g/mol. The van der Waals surface area contributed by atoms with Crippen LogP contribution in [0.15, 0.2) is 29.3 Å². The van der Waals surface area contributed by atoms with Crippen molar-refractivity contribution in [3.05, 3.63) is 29.8 Å².